The maximum Gasteiger partial charge on any atom is 0.252 e. The fraction of sp³-hybridized carbons (Fsp3) is 0.438. The van der Waals surface area contributed by atoms with Crippen molar-refractivity contribution in [1.82, 2.24) is 20.5 Å². The van der Waals surface area contributed by atoms with Gasteiger partial charge in [0.15, 0.2) is 5.82 Å². The first-order chi connectivity index (χ1) is 9.90. The topological polar surface area (TPSA) is 70.7 Å². The van der Waals surface area contributed by atoms with E-state index in [1.165, 1.54) is 0 Å². The molecule has 1 amide bonds. The minimum atomic E-state index is -0.206. The van der Waals surface area contributed by atoms with Crippen LogP contribution in [0.3, 0.4) is 0 Å². The van der Waals surface area contributed by atoms with E-state index in [1.807, 2.05) is 52.8 Å². The number of amides is 1. The largest absolute Gasteiger partial charge is 0.342 e. The molecule has 1 heterocycles. The second-order valence-electron chi connectivity index (χ2n) is 5.72. The second kappa shape index (κ2) is 6.08. The standard InChI is InChI=1S/C16H22N4O/c1-9(2)14(15-17-12(5)19-20-15)18-16(21)13-8-6-7-10(3)11(13)4/h6-9,14H,1-5H3,(H,18,21)(H,17,19,20). The molecule has 0 aliphatic heterocycles. The van der Waals surface area contributed by atoms with Crippen LogP contribution in [0.5, 0.6) is 0 Å². The average molecular weight is 286 g/mol. The van der Waals surface area contributed by atoms with Crippen LogP contribution in [0, 0.1) is 26.7 Å². The van der Waals surface area contributed by atoms with Gasteiger partial charge in [0.25, 0.3) is 5.91 Å². The summed E-state index contributed by atoms with van der Waals surface area (Å²) >= 11 is 0. The smallest absolute Gasteiger partial charge is 0.252 e. The molecule has 2 rings (SSSR count). The first-order valence-electron chi connectivity index (χ1n) is 7.16. The number of aromatic nitrogens is 3. The van der Waals surface area contributed by atoms with Crippen LogP contribution < -0.4 is 5.32 Å². The monoisotopic (exact) mass is 286 g/mol. The van der Waals surface area contributed by atoms with Gasteiger partial charge in [0.2, 0.25) is 0 Å². The van der Waals surface area contributed by atoms with Crippen LogP contribution in [0.1, 0.15) is 53.0 Å². The Bertz CT molecular complexity index is 645. The van der Waals surface area contributed by atoms with Crippen LogP contribution in [0.4, 0.5) is 0 Å². The van der Waals surface area contributed by atoms with Gasteiger partial charge in [0.1, 0.15) is 5.82 Å². The molecule has 0 saturated heterocycles. The molecule has 1 atom stereocenters. The Kier molecular flexibility index (Phi) is 4.40. The van der Waals surface area contributed by atoms with E-state index < -0.39 is 0 Å². The number of aromatic amines is 1. The molecule has 2 aromatic rings. The van der Waals surface area contributed by atoms with Crippen molar-refractivity contribution in [3.63, 3.8) is 0 Å². The molecule has 0 aliphatic carbocycles. The number of carbonyl (C=O) groups excluding carboxylic acids is 1. The highest BCUT2D eigenvalue weighted by Gasteiger charge is 2.23. The maximum absolute atomic E-state index is 12.5. The lowest BCUT2D eigenvalue weighted by atomic mass is 10.00. The lowest BCUT2D eigenvalue weighted by Crippen LogP contribution is -2.33. The molecular weight excluding hydrogens is 264 g/mol. The molecule has 2 N–H and O–H groups in total. The number of hydrogen-bond acceptors (Lipinski definition) is 3. The summed E-state index contributed by atoms with van der Waals surface area (Å²) in [5, 5.41) is 10.0. The van der Waals surface area contributed by atoms with Crippen molar-refractivity contribution in [2.75, 3.05) is 0 Å². The fourth-order valence-corrected chi connectivity index (χ4v) is 2.24. The van der Waals surface area contributed by atoms with Gasteiger partial charge in [0.05, 0.1) is 6.04 Å². The summed E-state index contributed by atoms with van der Waals surface area (Å²) < 4.78 is 0. The third kappa shape index (κ3) is 3.29. The highest BCUT2D eigenvalue weighted by atomic mass is 16.1. The van der Waals surface area contributed by atoms with E-state index in [0.29, 0.717) is 11.4 Å². The molecule has 0 radical (unpaired) electrons. The lowest BCUT2D eigenvalue weighted by molar-refractivity contribution is 0.0922. The van der Waals surface area contributed by atoms with Crippen LogP contribution in [0.25, 0.3) is 0 Å². The van der Waals surface area contributed by atoms with Crippen LogP contribution >= 0.6 is 0 Å². The molecule has 1 aromatic heterocycles. The van der Waals surface area contributed by atoms with Crippen LogP contribution in [-0.2, 0) is 0 Å². The zero-order valence-electron chi connectivity index (χ0n) is 13.2. The van der Waals surface area contributed by atoms with Crippen molar-refractivity contribution in [1.29, 1.82) is 0 Å². The summed E-state index contributed by atoms with van der Waals surface area (Å²) in [6, 6.07) is 5.55. The van der Waals surface area contributed by atoms with Gasteiger partial charge in [-0.05, 0) is 43.9 Å². The van der Waals surface area contributed by atoms with Gasteiger partial charge >= 0.3 is 0 Å². The van der Waals surface area contributed by atoms with Crippen molar-refractivity contribution < 1.29 is 4.79 Å². The Hall–Kier alpha value is -2.17. The van der Waals surface area contributed by atoms with Crippen molar-refractivity contribution in [2.24, 2.45) is 5.92 Å². The highest BCUT2D eigenvalue weighted by Crippen LogP contribution is 2.20. The molecule has 0 saturated carbocycles. The van der Waals surface area contributed by atoms with Gasteiger partial charge in [-0.3, -0.25) is 9.89 Å². The second-order valence-corrected chi connectivity index (χ2v) is 5.72. The number of carbonyl (C=O) groups is 1. The number of nitrogens with zero attached hydrogens (tertiary/aromatic N) is 2. The first kappa shape index (κ1) is 15.2. The van der Waals surface area contributed by atoms with E-state index in [9.17, 15) is 4.79 Å². The number of nitrogens with one attached hydrogen (secondary N) is 2. The van der Waals surface area contributed by atoms with Gasteiger partial charge in [0, 0.05) is 5.56 Å². The molecular formula is C16H22N4O. The van der Waals surface area contributed by atoms with E-state index in [4.69, 9.17) is 0 Å². The van der Waals surface area contributed by atoms with Crippen molar-refractivity contribution in [3.05, 3.63) is 46.5 Å². The molecule has 0 fully saturated rings. The quantitative estimate of drug-likeness (QED) is 0.908. The average Bonchev–Trinajstić information content (AvgIpc) is 2.84. The molecule has 0 bridgehead atoms. The Morgan fingerprint density at radius 3 is 2.52 bits per heavy atom. The van der Waals surface area contributed by atoms with Gasteiger partial charge in [-0.2, -0.15) is 5.10 Å². The van der Waals surface area contributed by atoms with E-state index in [-0.39, 0.29) is 17.9 Å². The molecule has 0 aliphatic rings. The SMILES string of the molecule is Cc1nc(C(NC(=O)c2cccc(C)c2C)C(C)C)n[nH]1. The number of benzene rings is 1. The third-order valence-electron chi connectivity index (χ3n) is 3.70. The van der Waals surface area contributed by atoms with Gasteiger partial charge in [-0.1, -0.05) is 26.0 Å². The Balaban J connectivity index is 2.25. The summed E-state index contributed by atoms with van der Waals surface area (Å²) in [5.74, 6) is 1.49. The molecule has 1 unspecified atom stereocenters. The Morgan fingerprint density at radius 2 is 1.95 bits per heavy atom. The van der Waals surface area contributed by atoms with Crippen LogP contribution in [0.2, 0.25) is 0 Å². The Labute approximate surface area is 125 Å². The predicted molar refractivity (Wildman–Crippen MR) is 82.1 cm³/mol. The van der Waals surface area contributed by atoms with Gasteiger partial charge in [-0.25, -0.2) is 4.98 Å². The highest BCUT2D eigenvalue weighted by molar-refractivity contribution is 5.96. The van der Waals surface area contributed by atoms with E-state index in [2.05, 4.69) is 20.5 Å². The molecule has 5 heteroatoms. The lowest BCUT2D eigenvalue weighted by Gasteiger charge is -2.20. The zero-order chi connectivity index (χ0) is 15.6. The summed E-state index contributed by atoms with van der Waals surface area (Å²) in [6.07, 6.45) is 0. The first-order valence-corrected chi connectivity index (χ1v) is 7.16. The third-order valence-corrected chi connectivity index (χ3v) is 3.70. The van der Waals surface area contributed by atoms with Crippen molar-refractivity contribution >= 4 is 5.91 Å². The minimum Gasteiger partial charge on any atom is -0.342 e. The van der Waals surface area contributed by atoms with Crippen molar-refractivity contribution in [2.45, 2.75) is 40.7 Å². The summed E-state index contributed by atoms with van der Waals surface area (Å²) in [5.41, 5.74) is 2.81. The molecule has 0 spiro atoms. The summed E-state index contributed by atoms with van der Waals surface area (Å²) in [6.45, 7) is 9.90. The van der Waals surface area contributed by atoms with E-state index in [0.717, 1.165) is 17.0 Å². The molecule has 1 aromatic carbocycles. The predicted octanol–water partition coefficient (Wildman–Crippen LogP) is 2.86. The van der Waals surface area contributed by atoms with Crippen molar-refractivity contribution in [3.8, 4) is 0 Å². The normalized spacial score (nSPS) is 12.5. The van der Waals surface area contributed by atoms with Crippen LogP contribution in [-0.4, -0.2) is 21.1 Å². The number of rotatable bonds is 4. The molecule has 5 nitrogen and oxygen atoms in total. The zero-order valence-corrected chi connectivity index (χ0v) is 13.2. The van der Waals surface area contributed by atoms with Gasteiger partial charge < -0.3 is 5.32 Å². The summed E-state index contributed by atoms with van der Waals surface area (Å²) in [4.78, 5) is 16.9. The number of aryl methyl sites for hydroxylation is 2. The fourth-order valence-electron chi connectivity index (χ4n) is 2.24. The number of H-pyrrole nitrogens is 1. The Morgan fingerprint density at radius 1 is 1.24 bits per heavy atom. The maximum atomic E-state index is 12.5. The molecule has 112 valence electrons. The van der Waals surface area contributed by atoms with Crippen LogP contribution in [0.15, 0.2) is 18.2 Å². The van der Waals surface area contributed by atoms with E-state index in [1.54, 1.807) is 0 Å². The van der Waals surface area contributed by atoms with Gasteiger partial charge in [-0.15, -0.1) is 0 Å². The number of hydrogen-bond donors (Lipinski definition) is 2. The van der Waals surface area contributed by atoms with E-state index >= 15 is 0 Å². The minimum absolute atomic E-state index is 0.0858. The summed E-state index contributed by atoms with van der Waals surface area (Å²) in [7, 11) is 0. The molecule has 21 heavy (non-hydrogen) atoms.